The molecule has 5 nitrogen and oxygen atoms in total. The average Bonchev–Trinajstić information content (AvgIpc) is 3.26. The summed E-state index contributed by atoms with van der Waals surface area (Å²) < 4.78 is 11.1. The Labute approximate surface area is 202 Å². The first-order chi connectivity index (χ1) is 16.1. The number of hydrogen-bond donors (Lipinski definition) is 0. The van der Waals surface area contributed by atoms with Gasteiger partial charge >= 0.3 is 5.97 Å². The second-order valence-electron chi connectivity index (χ2n) is 11.6. The maximum atomic E-state index is 13.9. The van der Waals surface area contributed by atoms with E-state index in [1.165, 1.54) is 12.7 Å². The largest absolute Gasteiger partial charge is 0.497 e. The molecule has 0 bridgehead atoms. The highest BCUT2D eigenvalue weighted by molar-refractivity contribution is 5.85. The molecule has 0 radical (unpaired) electrons. The molecule has 3 unspecified atom stereocenters. The molecule has 0 N–H and O–H groups in total. The van der Waals surface area contributed by atoms with E-state index in [1.807, 2.05) is 19.1 Å². The molecule has 34 heavy (non-hydrogen) atoms. The second-order valence-corrected chi connectivity index (χ2v) is 11.6. The predicted molar refractivity (Wildman–Crippen MR) is 129 cm³/mol. The number of hydrogen-bond acceptors (Lipinski definition) is 5. The fourth-order valence-electron chi connectivity index (χ4n) is 9.72. The Bertz CT molecular complexity index is 1110. The van der Waals surface area contributed by atoms with Crippen LogP contribution in [0.4, 0.5) is 0 Å². The molecule has 4 aliphatic carbocycles. The number of carbonyl (C=O) groups excluding carboxylic acids is 3. The molecule has 5 rings (SSSR count). The quantitative estimate of drug-likeness (QED) is 0.348. The number of methoxy groups -OCH3 is 2. The van der Waals surface area contributed by atoms with Crippen LogP contribution in [0.2, 0.25) is 0 Å². The molecule has 2 fully saturated rings. The minimum absolute atomic E-state index is 0.0372. The van der Waals surface area contributed by atoms with E-state index in [9.17, 15) is 14.4 Å². The molecular weight excluding hydrogens is 428 g/mol. The van der Waals surface area contributed by atoms with Gasteiger partial charge in [0.1, 0.15) is 17.8 Å². The zero-order chi connectivity index (χ0) is 24.7. The van der Waals surface area contributed by atoms with Gasteiger partial charge in [0.25, 0.3) is 0 Å². The Morgan fingerprint density at radius 2 is 1.91 bits per heavy atom. The van der Waals surface area contributed by atoms with Gasteiger partial charge < -0.3 is 19.1 Å². The summed E-state index contributed by atoms with van der Waals surface area (Å²) in [6, 6.07) is 6.12. The van der Waals surface area contributed by atoms with E-state index in [-0.39, 0.29) is 29.0 Å². The van der Waals surface area contributed by atoms with Crippen molar-refractivity contribution in [2.75, 3.05) is 14.2 Å². The maximum absolute atomic E-state index is 13.9. The standard InChI is InChI=1S/C29H36O5/c1-17(31)14-23-22-9-7-8-18-12-13-29(26(18,22)2)21-11-10-19(33-5)15-20(21)24(16-30)28(29,4)27(23,3)25(32)34-6/h7,9-11,15-16,18,22-24H,8,12-14H2,1-6H3/t18?,22?,23-,24?,26+,27-,28+,29-/m1/s1. The van der Waals surface area contributed by atoms with E-state index in [0.717, 1.165) is 31.1 Å². The molecule has 8 atom stereocenters. The third-order valence-corrected chi connectivity index (χ3v) is 11.2. The van der Waals surface area contributed by atoms with Gasteiger partial charge in [-0.05, 0) is 79.5 Å². The molecule has 5 heteroatoms. The van der Waals surface area contributed by atoms with Crippen molar-refractivity contribution in [1.29, 1.82) is 0 Å². The number of carbonyl (C=O) groups is 3. The number of esters is 1. The number of aldehydes is 1. The number of allylic oxidation sites excluding steroid dienone is 2. The van der Waals surface area contributed by atoms with Gasteiger partial charge in [-0.15, -0.1) is 0 Å². The maximum Gasteiger partial charge on any atom is 0.312 e. The zero-order valence-electron chi connectivity index (χ0n) is 21.1. The summed E-state index contributed by atoms with van der Waals surface area (Å²) in [5.41, 5.74) is -0.240. The molecular formula is C29H36O5. The van der Waals surface area contributed by atoms with E-state index >= 15 is 0 Å². The van der Waals surface area contributed by atoms with Crippen molar-refractivity contribution >= 4 is 18.0 Å². The van der Waals surface area contributed by atoms with Crippen molar-refractivity contribution in [2.45, 2.75) is 64.7 Å². The van der Waals surface area contributed by atoms with Crippen molar-refractivity contribution in [3.8, 4) is 5.75 Å². The highest BCUT2D eigenvalue weighted by atomic mass is 16.5. The van der Waals surface area contributed by atoms with Gasteiger partial charge in [0.2, 0.25) is 0 Å². The fourth-order valence-corrected chi connectivity index (χ4v) is 9.72. The van der Waals surface area contributed by atoms with Gasteiger partial charge in [-0.1, -0.05) is 32.1 Å². The molecule has 1 spiro atoms. The van der Waals surface area contributed by atoms with Crippen LogP contribution >= 0.6 is 0 Å². The zero-order valence-corrected chi connectivity index (χ0v) is 21.1. The van der Waals surface area contributed by atoms with Gasteiger partial charge in [0, 0.05) is 23.2 Å². The molecule has 2 saturated carbocycles. The molecule has 0 aromatic heterocycles. The predicted octanol–water partition coefficient (Wildman–Crippen LogP) is 5.02. The summed E-state index contributed by atoms with van der Waals surface area (Å²) in [7, 11) is 3.06. The molecule has 1 aromatic rings. The van der Waals surface area contributed by atoms with Crippen LogP contribution in [0, 0.1) is 34.0 Å². The number of rotatable bonds is 5. The van der Waals surface area contributed by atoms with E-state index in [2.05, 4.69) is 32.1 Å². The van der Waals surface area contributed by atoms with Crippen molar-refractivity contribution < 1.29 is 23.9 Å². The normalized spacial score (nSPS) is 43.5. The third-order valence-electron chi connectivity index (χ3n) is 11.2. The summed E-state index contributed by atoms with van der Waals surface area (Å²) in [5.74, 6) is 0.165. The number of Topliss-reactive ketones (excluding diaryl/α,β-unsaturated/α-hetero) is 1. The van der Waals surface area contributed by atoms with Gasteiger partial charge in [-0.2, -0.15) is 0 Å². The Balaban J connectivity index is 1.93. The van der Waals surface area contributed by atoms with Crippen LogP contribution in [0.3, 0.4) is 0 Å². The molecule has 0 amide bonds. The lowest BCUT2D eigenvalue weighted by Crippen LogP contribution is -2.71. The highest BCUT2D eigenvalue weighted by Gasteiger charge is 2.83. The van der Waals surface area contributed by atoms with Crippen LogP contribution in [0.5, 0.6) is 5.75 Å². The lowest BCUT2D eigenvalue weighted by Gasteiger charge is -2.70. The van der Waals surface area contributed by atoms with Crippen molar-refractivity contribution in [2.24, 2.45) is 34.0 Å². The van der Waals surface area contributed by atoms with Crippen LogP contribution in [-0.4, -0.2) is 32.3 Å². The smallest absolute Gasteiger partial charge is 0.312 e. The number of ether oxygens (including phenoxy) is 2. The minimum atomic E-state index is -1.04. The molecule has 0 heterocycles. The third kappa shape index (κ3) is 2.25. The SMILES string of the molecule is COC(=O)[C@@]1(C)[C@H](CC(C)=O)C2C=CCC3CC[C@@]4(c5ccc(OC)cc5C(C=O)[C@]41C)[C@@]32C. The first kappa shape index (κ1) is 23.3. The highest BCUT2D eigenvalue weighted by Crippen LogP contribution is 2.84. The van der Waals surface area contributed by atoms with Crippen LogP contribution in [-0.2, 0) is 24.5 Å². The van der Waals surface area contributed by atoms with Crippen molar-refractivity contribution in [3.63, 3.8) is 0 Å². The van der Waals surface area contributed by atoms with Crippen LogP contribution < -0.4 is 4.74 Å². The van der Waals surface area contributed by atoms with Gasteiger partial charge in [-0.25, -0.2) is 0 Å². The molecule has 4 aliphatic rings. The lowest BCUT2D eigenvalue weighted by molar-refractivity contribution is -0.216. The number of benzene rings is 1. The van der Waals surface area contributed by atoms with Gasteiger partial charge in [0.15, 0.2) is 0 Å². The van der Waals surface area contributed by atoms with E-state index < -0.39 is 22.2 Å². The van der Waals surface area contributed by atoms with Gasteiger partial charge in [0.05, 0.1) is 19.6 Å². The summed E-state index contributed by atoms with van der Waals surface area (Å²) in [6.45, 7) is 8.10. The Morgan fingerprint density at radius 1 is 1.18 bits per heavy atom. The van der Waals surface area contributed by atoms with Crippen LogP contribution in [0.25, 0.3) is 0 Å². The van der Waals surface area contributed by atoms with E-state index in [0.29, 0.717) is 18.1 Å². The first-order valence-electron chi connectivity index (χ1n) is 12.5. The molecule has 1 aromatic carbocycles. The monoisotopic (exact) mass is 464 g/mol. The average molecular weight is 465 g/mol. The summed E-state index contributed by atoms with van der Waals surface area (Å²) in [4.78, 5) is 39.6. The Hall–Kier alpha value is -2.43. The van der Waals surface area contributed by atoms with E-state index in [4.69, 9.17) is 9.47 Å². The number of ketones is 1. The summed E-state index contributed by atoms with van der Waals surface area (Å²) in [6.07, 6.45) is 8.79. The fraction of sp³-hybridized carbons (Fsp3) is 0.621. The van der Waals surface area contributed by atoms with Crippen molar-refractivity contribution in [1.82, 2.24) is 0 Å². The topological polar surface area (TPSA) is 69.7 Å². The van der Waals surface area contributed by atoms with Gasteiger partial charge in [-0.3, -0.25) is 4.79 Å². The second kappa shape index (κ2) is 7.29. The molecule has 0 aliphatic heterocycles. The van der Waals surface area contributed by atoms with E-state index in [1.54, 1.807) is 14.0 Å². The summed E-state index contributed by atoms with van der Waals surface area (Å²) >= 11 is 0. The van der Waals surface area contributed by atoms with Crippen LogP contribution in [0.15, 0.2) is 30.4 Å². The van der Waals surface area contributed by atoms with Crippen LogP contribution in [0.1, 0.15) is 70.4 Å². The molecule has 0 saturated heterocycles. The minimum Gasteiger partial charge on any atom is -0.497 e. The Kier molecular flexibility index (Phi) is 5.00. The summed E-state index contributed by atoms with van der Waals surface area (Å²) in [5, 5.41) is 0. The first-order valence-corrected chi connectivity index (χ1v) is 12.5. The van der Waals surface area contributed by atoms with Crippen molar-refractivity contribution in [3.05, 3.63) is 41.5 Å². The molecule has 182 valence electrons. The Morgan fingerprint density at radius 3 is 2.53 bits per heavy atom. The lowest BCUT2D eigenvalue weighted by atomic mass is 9.31. The number of fused-ring (bicyclic) bond motifs is 1.